The van der Waals surface area contributed by atoms with Gasteiger partial charge in [-0.1, -0.05) is 5.46 Å². The Morgan fingerprint density at radius 3 is 2.50 bits per heavy atom. The summed E-state index contributed by atoms with van der Waals surface area (Å²) < 4.78 is 54.5. The summed E-state index contributed by atoms with van der Waals surface area (Å²) in [7, 11) is 0. The van der Waals surface area contributed by atoms with E-state index in [1.807, 2.05) is 0 Å². The molecule has 0 saturated carbocycles. The van der Waals surface area contributed by atoms with Gasteiger partial charge < -0.3 is 17.4 Å². The fourth-order valence-corrected chi connectivity index (χ4v) is 1.25. The van der Waals surface area contributed by atoms with Crippen LogP contribution in [0.4, 0.5) is 17.3 Å². The largest absolute Gasteiger partial charge is 0.512 e. The first-order valence-electron chi connectivity index (χ1n) is 3.85. The molecule has 0 aliphatic carbocycles. The summed E-state index contributed by atoms with van der Waals surface area (Å²) in [4.78, 5) is 0. The molecule has 6 heteroatoms. The van der Waals surface area contributed by atoms with E-state index < -0.39 is 18.3 Å². The number of hydrogen-bond donors (Lipinski definition) is 0. The maximum atomic E-state index is 12.9. The first-order chi connectivity index (χ1) is 6.48. The van der Waals surface area contributed by atoms with Crippen molar-refractivity contribution in [3.8, 4) is 0 Å². The Morgan fingerprint density at radius 2 is 1.86 bits per heavy atom. The molecule has 1 heterocycles. The molecule has 0 aliphatic rings. The monoisotopic (exact) mass is 203 g/mol. The SMILES string of the molecule is Fc1cc2ccoc2cc1[B-](F)(F)F. The van der Waals surface area contributed by atoms with Crippen molar-refractivity contribution in [1.82, 2.24) is 0 Å². The third-order valence-corrected chi connectivity index (χ3v) is 1.92. The van der Waals surface area contributed by atoms with Gasteiger partial charge in [-0.05, 0) is 18.2 Å². The summed E-state index contributed by atoms with van der Waals surface area (Å²) in [5.41, 5.74) is -1.20. The molecule has 0 radical (unpaired) electrons. The molecule has 2 aromatic rings. The van der Waals surface area contributed by atoms with Crippen LogP contribution in [-0.4, -0.2) is 6.98 Å². The van der Waals surface area contributed by atoms with Crippen molar-refractivity contribution in [2.75, 3.05) is 0 Å². The second kappa shape index (κ2) is 2.77. The summed E-state index contributed by atoms with van der Waals surface area (Å²) in [5, 5.41) is 0.325. The van der Waals surface area contributed by atoms with Gasteiger partial charge in [0.1, 0.15) is 5.58 Å². The molecule has 1 aromatic carbocycles. The van der Waals surface area contributed by atoms with Gasteiger partial charge in [0.15, 0.2) is 0 Å². The lowest BCUT2D eigenvalue weighted by Crippen LogP contribution is -2.36. The zero-order chi connectivity index (χ0) is 10.3. The second-order valence-electron chi connectivity index (χ2n) is 2.91. The van der Waals surface area contributed by atoms with E-state index in [2.05, 4.69) is 0 Å². The lowest BCUT2D eigenvalue weighted by molar-refractivity contribution is 0.494. The Morgan fingerprint density at radius 1 is 1.14 bits per heavy atom. The lowest BCUT2D eigenvalue weighted by atomic mass is 9.79. The van der Waals surface area contributed by atoms with Crippen LogP contribution in [-0.2, 0) is 0 Å². The van der Waals surface area contributed by atoms with Crippen molar-refractivity contribution < 1.29 is 21.8 Å². The number of rotatable bonds is 1. The zero-order valence-corrected chi connectivity index (χ0v) is 6.81. The van der Waals surface area contributed by atoms with E-state index in [9.17, 15) is 17.3 Å². The molecule has 0 unspecified atom stereocenters. The number of benzene rings is 1. The molecular formula is C8H4BF4O-. The molecule has 1 nitrogen and oxygen atoms in total. The van der Waals surface area contributed by atoms with Crippen molar-refractivity contribution in [1.29, 1.82) is 0 Å². The van der Waals surface area contributed by atoms with Gasteiger partial charge >= 0.3 is 6.98 Å². The van der Waals surface area contributed by atoms with Crippen molar-refractivity contribution in [3.05, 3.63) is 30.3 Å². The Bertz CT molecular complexity index is 474. The van der Waals surface area contributed by atoms with E-state index in [1.54, 1.807) is 0 Å². The highest BCUT2D eigenvalue weighted by atomic mass is 19.4. The Kier molecular flexibility index (Phi) is 1.80. The molecule has 0 N–H and O–H groups in total. The Hall–Kier alpha value is -1.46. The van der Waals surface area contributed by atoms with Crippen LogP contribution in [0.5, 0.6) is 0 Å². The number of halogens is 4. The highest BCUT2D eigenvalue weighted by Gasteiger charge is 2.29. The third-order valence-electron chi connectivity index (χ3n) is 1.92. The van der Waals surface area contributed by atoms with E-state index in [1.165, 1.54) is 12.3 Å². The minimum Gasteiger partial charge on any atom is -0.464 e. The second-order valence-corrected chi connectivity index (χ2v) is 2.91. The van der Waals surface area contributed by atoms with E-state index in [-0.39, 0.29) is 5.58 Å². The summed E-state index contributed by atoms with van der Waals surface area (Å²) in [6.07, 6.45) is 1.22. The van der Waals surface area contributed by atoms with Crippen molar-refractivity contribution in [2.45, 2.75) is 0 Å². The Labute approximate surface area is 76.4 Å². The van der Waals surface area contributed by atoms with Crippen LogP contribution in [0.3, 0.4) is 0 Å². The quantitative estimate of drug-likeness (QED) is 0.512. The lowest BCUT2D eigenvalue weighted by Gasteiger charge is -2.15. The van der Waals surface area contributed by atoms with Crippen LogP contribution < -0.4 is 5.46 Å². The molecular weight excluding hydrogens is 199 g/mol. The standard InChI is InChI=1S/C8H4BF4O/c10-7-3-5-1-2-14-8(5)4-6(7)9(11,12)13/h1-4H/q-1. The molecule has 0 bridgehead atoms. The van der Waals surface area contributed by atoms with Crippen LogP contribution in [0.25, 0.3) is 11.0 Å². The molecule has 74 valence electrons. The normalized spacial score (nSPS) is 12.3. The number of hydrogen-bond acceptors (Lipinski definition) is 1. The van der Waals surface area contributed by atoms with E-state index >= 15 is 0 Å². The first kappa shape index (κ1) is 9.11. The van der Waals surface area contributed by atoms with Gasteiger partial charge in [0.2, 0.25) is 0 Å². The molecule has 0 spiro atoms. The molecule has 1 aromatic heterocycles. The smallest absolute Gasteiger partial charge is 0.464 e. The van der Waals surface area contributed by atoms with Crippen LogP contribution in [0.2, 0.25) is 0 Å². The van der Waals surface area contributed by atoms with Gasteiger partial charge in [-0.25, -0.2) is 4.39 Å². The van der Waals surface area contributed by atoms with Crippen LogP contribution >= 0.6 is 0 Å². The Balaban J connectivity index is 2.71. The van der Waals surface area contributed by atoms with E-state index in [0.29, 0.717) is 11.5 Å². The summed E-state index contributed by atoms with van der Waals surface area (Å²) >= 11 is 0. The highest BCUT2D eigenvalue weighted by molar-refractivity contribution is 6.73. The minimum atomic E-state index is -5.33. The first-order valence-corrected chi connectivity index (χ1v) is 3.85. The molecule has 0 fully saturated rings. The summed E-state index contributed by atoms with van der Waals surface area (Å²) in [6, 6.07) is 2.92. The van der Waals surface area contributed by atoms with Gasteiger partial charge in [-0.15, -0.1) is 0 Å². The van der Waals surface area contributed by atoms with Gasteiger partial charge in [-0.3, -0.25) is 0 Å². The molecule has 0 saturated heterocycles. The fraction of sp³-hybridized carbons (Fsp3) is 0. The maximum Gasteiger partial charge on any atom is 0.512 e. The number of furan rings is 1. The molecule has 14 heavy (non-hydrogen) atoms. The van der Waals surface area contributed by atoms with Gasteiger partial charge in [0.25, 0.3) is 0 Å². The zero-order valence-electron chi connectivity index (χ0n) is 6.81. The minimum absolute atomic E-state index is 0.0422. The van der Waals surface area contributed by atoms with Gasteiger partial charge in [0, 0.05) is 5.39 Å². The van der Waals surface area contributed by atoms with Crippen molar-refractivity contribution in [3.63, 3.8) is 0 Å². The third kappa shape index (κ3) is 1.36. The van der Waals surface area contributed by atoms with Crippen molar-refractivity contribution in [2.24, 2.45) is 0 Å². The molecule has 0 amide bonds. The van der Waals surface area contributed by atoms with Crippen LogP contribution in [0.1, 0.15) is 0 Å². The summed E-state index contributed by atoms with van der Waals surface area (Å²) in [6.45, 7) is -5.33. The van der Waals surface area contributed by atoms with E-state index in [4.69, 9.17) is 4.42 Å². The average Bonchev–Trinajstić information content (AvgIpc) is 2.47. The maximum absolute atomic E-state index is 12.9. The predicted molar refractivity (Wildman–Crippen MR) is 44.9 cm³/mol. The van der Waals surface area contributed by atoms with Crippen LogP contribution in [0, 0.1) is 5.82 Å². The average molecular weight is 203 g/mol. The van der Waals surface area contributed by atoms with E-state index in [0.717, 1.165) is 6.07 Å². The number of fused-ring (bicyclic) bond motifs is 1. The molecule has 0 aliphatic heterocycles. The van der Waals surface area contributed by atoms with Gasteiger partial charge in [-0.2, -0.15) is 0 Å². The molecule has 0 atom stereocenters. The van der Waals surface area contributed by atoms with Crippen molar-refractivity contribution >= 4 is 23.4 Å². The highest BCUT2D eigenvalue weighted by Crippen LogP contribution is 2.19. The predicted octanol–water partition coefficient (Wildman–Crippen LogP) is 2.63. The fourth-order valence-electron chi connectivity index (χ4n) is 1.25. The topological polar surface area (TPSA) is 13.1 Å². The molecule has 2 rings (SSSR count). The summed E-state index contributed by atoms with van der Waals surface area (Å²) in [5.74, 6) is -1.26. The van der Waals surface area contributed by atoms with Gasteiger partial charge in [0.05, 0.1) is 12.1 Å². The van der Waals surface area contributed by atoms with Crippen LogP contribution in [0.15, 0.2) is 28.9 Å².